The van der Waals surface area contributed by atoms with Gasteiger partial charge in [-0.3, -0.25) is 9.88 Å². The van der Waals surface area contributed by atoms with Crippen molar-refractivity contribution in [3.8, 4) is 5.75 Å². The Morgan fingerprint density at radius 3 is 2.78 bits per heavy atom. The molecule has 98 valence electrons. The molecule has 2 aliphatic rings. The lowest BCUT2D eigenvalue weighted by molar-refractivity contribution is 0.0812. The van der Waals surface area contributed by atoms with Crippen molar-refractivity contribution >= 4 is 0 Å². The zero-order chi connectivity index (χ0) is 12.4. The number of nitrogens with zero attached hydrogens (tertiary/aromatic N) is 2. The average Bonchev–Trinajstić information content (AvgIpc) is 2.41. The van der Waals surface area contributed by atoms with E-state index < -0.39 is 0 Å². The van der Waals surface area contributed by atoms with Gasteiger partial charge >= 0.3 is 0 Å². The minimum atomic E-state index is 0.254. The van der Waals surface area contributed by atoms with Crippen LogP contribution in [0.4, 0.5) is 0 Å². The first-order valence-corrected chi connectivity index (χ1v) is 7.17. The molecule has 0 amide bonds. The summed E-state index contributed by atoms with van der Waals surface area (Å²) in [6.45, 7) is 3.39. The van der Waals surface area contributed by atoms with E-state index in [1.54, 1.807) is 12.3 Å². The van der Waals surface area contributed by atoms with Gasteiger partial charge in [-0.1, -0.05) is 19.3 Å². The van der Waals surface area contributed by atoms with Crippen LogP contribution in [0.1, 0.15) is 37.8 Å². The van der Waals surface area contributed by atoms with Gasteiger partial charge in [0.1, 0.15) is 5.75 Å². The third kappa shape index (κ3) is 2.66. The van der Waals surface area contributed by atoms with Crippen molar-refractivity contribution in [3.63, 3.8) is 0 Å². The molecule has 2 fully saturated rings. The Bertz CT molecular complexity index is 390. The highest BCUT2D eigenvalue weighted by molar-refractivity contribution is 5.17. The van der Waals surface area contributed by atoms with Crippen LogP contribution in [-0.4, -0.2) is 28.1 Å². The van der Waals surface area contributed by atoms with Crippen LogP contribution in [-0.2, 0) is 6.54 Å². The average molecular weight is 246 g/mol. The van der Waals surface area contributed by atoms with E-state index in [0.29, 0.717) is 0 Å². The molecule has 1 saturated carbocycles. The summed E-state index contributed by atoms with van der Waals surface area (Å²) >= 11 is 0. The van der Waals surface area contributed by atoms with Crippen LogP contribution in [0.15, 0.2) is 18.3 Å². The zero-order valence-corrected chi connectivity index (χ0v) is 10.9. The number of hydrogen-bond donors (Lipinski definition) is 1. The number of likely N-dealkylation sites (tertiary alicyclic amines) is 1. The van der Waals surface area contributed by atoms with E-state index in [0.717, 1.165) is 24.1 Å². The van der Waals surface area contributed by atoms with Gasteiger partial charge in [0.05, 0.1) is 11.9 Å². The Balaban J connectivity index is 1.59. The first-order valence-electron chi connectivity index (χ1n) is 7.17. The second-order valence-corrected chi connectivity index (χ2v) is 5.84. The highest BCUT2D eigenvalue weighted by atomic mass is 16.3. The van der Waals surface area contributed by atoms with Crippen LogP contribution in [0, 0.1) is 11.8 Å². The molecule has 0 radical (unpaired) electrons. The van der Waals surface area contributed by atoms with Crippen molar-refractivity contribution in [2.45, 2.75) is 38.6 Å². The van der Waals surface area contributed by atoms with Crippen LogP contribution < -0.4 is 0 Å². The highest BCUT2D eigenvalue weighted by Gasteiger charge is 2.30. The lowest BCUT2D eigenvalue weighted by Crippen LogP contribution is -2.41. The Labute approximate surface area is 109 Å². The van der Waals surface area contributed by atoms with Crippen LogP contribution in [0.2, 0.25) is 0 Å². The number of aromatic hydroxyl groups is 1. The number of aromatic nitrogens is 1. The third-order valence-corrected chi connectivity index (χ3v) is 4.57. The van der Waals surface area contributed by atoms with Gasteiger partial charge in [0.15, 0.2) is 0 Å². The summed E-state index contributed by atoms with van der Waals surface area (Å²) in [5.74, 6) is 2.16. The Kier molecular flexibility index (Phi) is 3.50. The van der Waals surface area contributed by atoms with Gasteiger partial charge in [0.2, 0.25) is 0 Å². The van der Waals surface area contributed by atoms with E-state index >= 15 is 0 Å². The summed E-state index contributed by atoms with van der Waals surface area (Å²) < 4.78 is 0. The summed E-state index contributed by atoms with van der Waals surface area (Å²) in [7, 11) is 0. The fourth-order valence-corrected chi connectivity index (χ4v) is 3.56. The van der Waals surface area contributed by atoms with Crippen molar-refractivity contribution in [1.29, 1.82) is 0 Å². The maximum absolute atomic E-state index is 9.24. The van der Waals surface area contributed by atoms with Crippen molar-refractivity contribution in [3.05, 3.63) is 24.0 Å². The van der Waals surface area contributed by atoms with Gasteiger partial charge in [0, 0.05) is 13.1 Å². The van der Waals surface area contributed by atoms with Crippen molar-refractivity contribution in [2.75, 3.05) is 13.1 Å². The quantitative estimate of drug-likeness (QED) is 0.871. The maximum atomic E-state index is 9.24. The van der Waals surface area contributed by atoms with E-state index in [-0.39, 0.29) is 5.75 Å². The van der Waals surface area contributed by atoms with Crippen LogP contribution in [0.25, 0.3) is 0 Å². The fraction of sp³-hybridized carbons (Fsp3) is 0.667. The molecule has 3 heteroatoms. The van der Waals surface area contributed by atoms with Gasteiger partial charge in [-0.2, -0.15) is 0 Å². The molecule has 3 nitrogen and oxygen atoms in total. The molecule has 2 unspecified atom stereocenters. The monoisotopic (exact) mass is 246 g/mol. The maximum Gasteiger partial charge on any atom is 0.133 e. The number of rotatable bonds is 2. The van der Waals surface area contributed by atoms with E-state index in [1.165, 1.54) is 45.2 Å². The van der Waals surface area contributed by atoms with Gasteiger partial charge in [-0.05, 0) is 43.4 Å². The normalized spacial score (nSPS) is 28.9. The molecule has 0 bridgehead atoms. The molecule has 1 aliphatic carbocycles. The molecule has 1 saturated heterocycles. The van der Waals surface area contributed by atoms with Crippen LogP contribution in [0.5, 0.6) is 5.75 Å². The standard InChI is InChI=1S/C15H22N2O/c18-15-6-5-14(16-9-15)11-17-8-7-12-3-1-2-4-13(12)10-17/h5-6,9,12-13,18H,1-4,7-8,10-11H2. The molecule has 1 aromatic heterocycles. The van der Waals surface area contributed by atoms with Gasteiger partial charge in [0.25, 0.3) is 0 Å². The lowest BCUT2D eigenvalue weighted by Gasteiger charge is -2.41. The second kappa shape index (κ2) is 5.27. The molecular weight excluding hydrogens is 224 g/mol. The predicted molar refractivity (Wildman–Crippen MR) is 71.2 cm³/mol. The van der Waals surface area contributed by atoms with Gasteiger partial charge in [-0.25, -0.2) is 0 Å². The molecule has 0 spiro atoms. The zero-order valence-electron chi connectivity index (χ0n) is 10.9. The fourth-order valence-electron chi connectivity index (χ4n) is 3.56. The largest absolute Gasteiger partial charge is 0.506 e. The van der Waals surface area contributed by atoms with Gasteiger partial charge in [-0.15, -0.1) is 0 Å². The minimum Gasteiger partial charge on any atom is -0.506 e. The number of hydrogen-bond acceptors (Lipinski definition) is 3. The van der Waals surface area contributed by atoms with Crippen molar-refractivity contribution < 1.29 is 5.11 Å². The van der Waals surface area contributed by atoms with Crippen LogP contribution >= 0.6 is 0 Å². The molecular formula is C15H22N2O. The number of pyridine rings is 1. The summed E-state index contributed by atoms with van der Waals surface area (Å²) in [5.41, 5.74) is 1.07. The Hall–Kier alpha value is -1.09. The van der Waals surface area contributed by atoms with E-state index in [1.807, 2.05) is 6.07 Å². The topological polar surface area (TPSA) is 36.4 Å². The SMILES string of the molecule is Oc1ccc(CN2CCC3CCCCC3C2)nc1. The molecule has 2 heterocycles. The third-order valence-electron chi connectivity index (χ3n) is 4.57. The minimum absolute atomic E-state index is 0.254. The molecule has 3 rings (SSSR count). The Morgan fingerprint density at radius 1 is 1.17 bits per heavy atom. The highest BCUT2D eigenvalue weighted by Crippen LogP contribution is 2.36. The summed E-state index contributed by atoms with van der Waals surface area (Å²) in [6.07, 6.45) is 8.65. The number of fused-ring (bicyclic) bond motifs is 1. The van der Waals surface area contributed by atoms with E-state index in [9.17, 15) is 5.11 Å². The first-order chi connectivity index (χ1) is 8.81. The Morgan fingerprint density at radius 2 is 2.00 bits per heavy atom. The summed E-state index contributed by atoms with van der Waals surface area (Å²) in [5, 5.41) is 9.24. The summed E-state index contributed by atoms with van der Waals surface area (Å²) in [4.78, 5) is 6.82. The number of piperidine rings is 1. The second-order valence-electron chi connectivity index (χ2n) is 5.84. The first kappa shape index (κ1) is 12.0. The predicted octanol–water partition coefficient (Wildman–Crippen LogP) is 2.80. The molecule has 1 N–H and O–H groups in total. The lowest BCUT2D eigenvalue weighted by atomic mass is 9.75. The van der Waals surface area contributed by atoms with E-state index in [4.69, 9.17) is 0 Å². The smallest absolute Gasteiger partial charge is 0.133 e. The molecule has 1 aliphatic heterocycles. The molecule has 18 heavy (non-hydrogen) atoms. The van der Waals surface area contributed by atoms with Gasteiger partial charge < -0.3 is 5.11 Å². The molecule has 2 atom stereocenters. The van der Waals surface area contributed by atoms with Crippen molar-refractivity contribution in [2.24, 2.45) is 11.8 Å². The molecule has 1 aromatic rings. The summed E-state index contributed by atoms with van der Waals surface area (Å²) in [6, 6.07) is 3.66. The van der Waals surface area contributed by atoms with E-state index in [2.05, 4.69) is 9.88 Å². The van der Waals surface area contributed by atoms with Crippen LogP contribution in [0.3, 0.4) is 0 Å². The van der Waals surface area contributed by atoms with Crippen molar-refractivity contribution in [1.82, 2.24) is 9.88 Å². The molecule has 0 aromatic carbocycles.